The van der Waals surface area contributed by atoms with E-state index in [1.165, 1.54) is 0 Å². The fourth-order valence-corrected chi connectivity index (χ4v) is 0. The quantitative estimate of drug-likeness (QED) is 0.324. The van der Waals surface area contributed by atoms with Gasteiger partial charge in [-0.3, -0.25) is 0 Å². The van der Waals surface area contributed by atoms with Gasteiger partial charge in [-0.25, -0.2) is 19.2 Å². The second kappa shape index (κ2) is 16.7. The summed E-state index contributed by atoms with van der Waals surface area (Å²) in [4.78, 5) is 35.6. The smallest absolute Gasteiger partial charge is 0.475 e. The molecule has 11 nitrogen and oxygen atoms in total. The van der Waals surface area contributed by atoms with Gasteiger partial charge in [0, 0.05) is 0 Å². The minimum Gasteiger partial charge on any atom is -0.475 e. The Morgan fingerprint density at radius 2 is 0.387 bits per heavy atom. The highest BCUT2D eigenvalue weighted by Crippen LogP contribution is 2.14. The Labute approximate surface area is 159 Å². The molecule has 0 bridgehead atoms. The van der Waals surface area contributed by atoms with E-state index in [2.05, 4.69) is 0 Å². The van der Waals surface area contributed by atoms with Crippen LogP contribution < -0.4 is 0 Å². The molecule has 0 heterocycles. The fraction of sp³-hybridized carbons (Fsp3) is 0.500. The number of hydrogen-bond acceptors (Lipinski definition) is 4. The lowest BCUT2D eigenvalue weighted by molar-refractivity contribution is -0.193. The van der Waals surface area contributed by atoms with E-state index in [4.69, 9.17) is 39.6 Å². The van der Waals surface area contributed by atoms with Crippen LogP contribution in [0.1, 0.15) is 0 Å². The molecule has 0 aliphatic heterocycles. The molecule has 0 rings (SSSR count). The molecule has 0 saturated carbocycles. The molecule has 192 valence electrons. The van der Waals surface area contributed by atoms with Crippen molar-refractivity contribution in [2.24, 2.45) is 0 Å². The summed E-state index contributed by atoms with van der Waals surface area (Å²) in [6.07, 6.45) is -20.3. The highest BCUT2D eigenvalue weighted by molar-refractivity contribution is 5.74. The molecule has 0 aromatic carbocycles. The summed E-state index contributed by atoms with van der Waals surface area (Å²) in [5, 5.41) is 28.5. The van der Waals surface area contributed by atoms with Gasteiger partial charge >= 0.3 is 48.6 Å². The second-order valence-electron chi connectivity index (χ2n) is 3.21. The predicted octanol–water partition coefficient (Wildman–Crippen LogP) is 0.0591. The average Bonchev–Trinajstić information content (AvgIpc) is 2.35. The van der Waals surface area contributed by atoms with Crippen LogP contribution in [0.15, 0.2) is 0 Å². The van der Waals surface area contributed by atoms with Crippen molar-refractivity contribution in [2.75, 3.05) is 0 Å². The molecule has 0 fully saturated rings. The Hall–Kier alpha value is -3.08. The summed E-state index contributed by atoms with van der Waals surface area (Å²) in [5.74, 6) is -11.0. The maximum Gasteiger partial charge on any atom is 0.490 e. The summed E-state index contributed by atoms with van der Waals surface area (Å²) < 4.78 is 127. The van der Waals surface area contributed by atoms with E-state index in [1.54, 1.807) is 0 Å². The molecule has 0 aromatic heterocycles. The molecule has 0 aliphatic rings. The predicted molar refractivity (Wildman–Crippen MR) is 65.6 cm³/mol. The molecule has 0 amide bonds. The van der Waals surface area contributed by atoms with E-state index >= 15 is 0 Å². The second-order valence-corrected chi connectivity index (χ2v) is 3.21. The zero-order valence-corrected chi connectivity index (χ0v) is 13.5. The first-order chi connectivity index (χ1) is 11.8. The molecular formula is C8H10F12O11. The third kappa shape index (κ3) is 38.2. The van der Waals surface area contributed by atoms with Gasteiger partial charge < -0.3 is 36.9 Å². The van der Waals surface area contributed by atoms with Crippen molar-refractivity contribution in [1.29, 1.82) is 0 Å². The normalized spacial score (nSPS) is 10.2. The summed E-state index contributed by atoms with van der Waals surface area (Å²) in [6.45, 7) is 0. The van der Waals surface area contributed by atoms with Gasteiger partial charge in [0.15, 0.2) is 0 Å². The Kier molecular flexibility index (Phi) is 24.9. The van der Waals surface area contributed by atoms with E-state index in [0.29, 0.717) is 0 Å². The Morgan fingerprint density at radius 1 is 0.355 bits per heavy atom. The Bertz CT molecular complexity index is 435. The molecule has 0 saturated heterocycles. The van der Waals surface area contributed by atoms with Crippen molar-refractivity contribution < 1.29 is 109 Å². The van der Waals surface area contributed by atoms with Gasteiger partial charge in [0.1, 0.15) is 0 Å². The number of halogens is 12. The van der Waals surface area contributed by atoms with E-state index in [0.717, 1.165) is 0 Å². The lowest BCUT2D eigenvalue weighted by Crippen LogP contribution is -2.21. The van der Waals surface area contributed by atoms with Crippen molar-refractivity contribution in [1.82, 2.24) is 0 Å². The molecule has 0 radical (unpaired) electrons. The minimum atomic E-state index is -5.08. The van der Waals surface area contributed by atoms with Crippen molar-refractivity contribution in [3.05, 3.63) is 0 Å². The van der Waals surface area contributed by atoms with Gasteiger partial charge in [-0.2, -0.15) is 52.7 Å². The molecule has 0 aromatic rings. The monoisotopic (exact) mass is 510 g/mol. The van der Waals surface area contributed by atoms with Crippen LogP contribution in [-0.4, -0.2) is 85.4 Å². The number of rotatable bonds is 0. The van der Waals surface area contributed by atoms with Crippen LogP contribution in [0, 0.1) is 0 Å². The molecule has 0 atom stereocenters. The molecule has 0 aliphatic carbocycles. The first-order valence-electron chi connectivity index (χ1n) is 4.98. The third-order valence-corrected chi connectivity index (χ3v) is 0.970. The first kappa shape index (κ1) is 46.2. The standard InChI is InChI=1S/4C2HF3O2.3H2O/c4*3-2(4,5)1(6)7;;;/h4*(H,6,7);3*1H2. The van der Waals surface area contributed by atoms with Crippen LogP contribution in [0.25, 0.3) is 0 Å². The Morgan fingerprint density at radius 3 is 0.387 bits per heavy atom. The Balaban J connectivity index is -0.0000000480. The lowest BCUT2D eigenvalue weighted by Gasteiger charge is -1.93. The minimum absolute atomic E-state index is 0. The maximum absolute atomic E-state index is 10.6. The fourth-order valence-electron chi connectivity index (χ4n) is 0. The van der Waals surface area contributed by atoms with Gasteiger partial charge in [0.2, 0.25) is 0 Å². The van der Waals surface area contributed by atoms with E-state index in [9.17, 15) is 52.7 Å². The highest BCUT2D eigenvalue weighted by Gasteiger charge is 2.39. The highest BCUT2D eigenvalue weighted by atomic mass is 19.4. The number of carboxylic acid groups (broad SMARTS) is 4. The topological polar surface area (TPSA) is 244 Å². The average molecular weight is 510 g/mol. The zero-order chi connectivity index (χ0) is 24.3. The molecule has 10 N–H and O–H groups in total. The van der Waals surface area contributed by atoms with Crippen LogP contribution in [0.4, 0.5) is 52.7 Å². The summed E-state index contributed by atoms with van der Waals surface area (Å²) in [7, 11) is 0. The third-order valence-electron chi connectivity index (χ3n) is 0.970. The van der Waals surface area contributed by atoms with Crippen LogP contribution in [0.3, 0.4) is 0 Å². The van der Waals surface area contributed by atoms with Crippen molar-refractivity contribution in [2.45, 2.75) is 24.7 Å². The molecule has 0 spiro atoms. The molecule has 31 heavy (non-hydrogen) atoms. The van der Waals surface area contributed by atoms with Crippen molar-refractivity contribution in [3.63, 3.8) is 0 Å². The summed E-state index contributed by atoms with van der Waals surface area (Å²) >= 11 is 0. The molecule has 0 unspecified atom stereocenters. The van der Waals surface area contributed by atoms with E-state index in [-0.39, 0.29) is 16.4 Å². The SMILES string of the molecule is O.O.O.O=C(O)C(F)(F)F.O=C(O)C(F)(F)F.O=C(O)C(F)(F)F.O=C(O)C(F)(F)F. The first-order valence-corrected chi connectivity index (χ1v) is 4.98. The van der Waals surface area contributed by atoms with Gasteiger partial charge in [0.05, 0.1) is 0 Å². The lowest BCUT2D eigenvalue weighted by atomic mass is 10.7. The number of carbonyl (C=O) groups is 4. The van der Waals surface area contributed by atoms with Crippen molar-refractivity contribution >= 4 is 23.9 Å². The molecule has 23 heteroatoms. The number of hydrogen-bond donors (Lipinski definition) is 4. The summed E-state index contributed by atoms with van der Waals surface area (Å²) in [6, 6.07) is 0. The number of alkyl halides is 12. The number of aliphatic carboxylic acids is 4. The van der Waals surface area contributed by atoms with Gasteiger partial charge in [-0.15, -0.1) is 0 Å². The number of carboxylic acids is 4. The van der Waals surface area contributed by atoms with Crippen LogP contribution >= 0.6 is 0 Å². The van der Waals surface area contributed by atoms with Gasteiger partial charge in [-0.05, 0) is 0 Å². The van der Waals surface area contributed by atoms with Crippen LogP contribution in [0.5, 0.6) is 0 Å². The van der Waals surface area contributed by atoms with Crippen LogP contribution in [-0.2, 0) is 19.2 Å². The van der Waals surface area contributed by atoms with Gasteiger partial charge in [0.25, 0.3) is 0 Å². The molecular weight excluding hydrogens is 500 g/mol. The van der Waals surface area contributed by atoms with E-state index < -0.39 is 48.6 Å². The van der Waals surface area contributed by atoms with Crippen LogP contribution in [0.2, 0.25) is 0 Å². The maximum atomic E-state index is 10.6. The largest absolute Gasteiger partial charge is 0.490 e. The van der Waals surface area contributed by atoms with Crippen molar-refractivity contribution in [3.8, 4) is 0 Å². The zero-order valence-electron chi connectivity index (χ0n) is 13.5. The van der Waals surface area contributed by atoms with E-state index in [1.807, 2.05) is 0 Å². The van der Waals surface area contributed by atoms with Gasteiger partial charge in [-0.1, -0.05) is 0 Å². The summed E-state index contributed by atoms with van der Waals surface area (Å²) in [5.41, 5.74) is 0.